The Kier molecular flexibility index (Phi) is 2.04. The molecule has 6 heavy (non-hydrogen) atoms. The lowest BCUT2D eigenvalue weighted by atomic mass is 11.0. The maximum Gasteiger partial charge on any atom is 0.0913 e. The van der Waals surface area contributed by atoms with Crippen LogP contribution in [-0.2, 0) is 0 Å². The van der Waals surface area contributed by atoms with Gasteiger partial charge in [0.2, 0.25) is 0 Å². The van der Waals surface area contributed by atoms with Crippen molar-refractivity contribution in [3.63, 3.8) is 0 Å². The molecule has 0 fully saturated rings. The van der Waals surface area contributed by atoms with E-state index in [1.54, 1.807) is 0 Å². The van der Waals surface area contributed by atoms with Crippen LogP contribution in [0.25, 0.3) is 0 Å². The van der Waals surface area contributed by atoms with Crippen molar-refractivity contribution in [2.45, 2.75) is 7.43 Å². The van der Waals surface area contributed by atoms with Gasteiger partial charge in [-0.05, 0) is 0 Å². The molecule has 0 bridgehead atoms. The Morgan fingerprint density at radius 2 is 1.67 bits per heavy atom. The molecule has 0 aliphatic rings. The van der Waals surface area contributed by atoms with E-state index < -0.39 is 0 Å². The molecule has 1 aromatic heterocycles. The summed E-state index contributed by atoms with van der Waals surface area (Å²) < 4.78 is 4.08. The Balaban J connectivity index is 0.000000250. The fourth-order valence-corrected chi connectivity index (χ4v) is 0.136. The first kappa shape index (κ1) is 5.14. The smallest absolute Gasteiger partial charge is 0.0913 e. The summed E-state index contributed by atoms with van der Waals surface area (Å²) in [6, 6.07) is 0. The van der Waals surface area contributed by atoms with Crippen LogP contribution in [0.4, 0.5) is 0 Å². The van der Waals surface area contributed by atoms with Crippen LogP contribution in [0.3, 0.4) is 0 Å². The van der Waals surface area contributed by atoms with Gasteiger partial charge in [0.25, 0.3) is 0 Å². The molecule has 0 saturated heterocycles. The van der Waals surface area contributed by atoms with Gasteiger partial charge >= 0.3 is 0 Å². The first-order valence-corrected chi connectivity index (χ1v) is 1.21. The van der Waals surface area contributed by atoms with Crippen molar-refractivity contribution in [2.24, 2.45) is 0 Å². The van der Waals surface area contributed by atoms with Gasteiger partial charge in [-0.3, -0.25) is 0 Å². The minimum atomic E-state index is 0. The molecule has 0 atom stereocenters. The average molecular weight is 86.1 g/mol. The predicted molar refractivity (Wildman–Crippen MR) is 21.0 cm³/mol. The van der Waals surface area contributed by atoms with E-state index in [0.29, 0.717) is 0 Å². The van der Waals surface area contributed by atoms with E-state index in [2.05, 4.69) is 14.9 Å². The van der Waals surface area contributed by atoms with Crippen LogP contribution in [0.1, 0.15) is 7.43 Å². The van der Waals surface area contributed by atoms with E-state index >= 15 is 0 Å². The topological polar surface area (TPSA) is 38.9 Å². The molecular weight excluding hydrogens is 80.0 g/mol. The summed E-state index contributed by atoms with van der Waals surface area (Å²) in [7, 11) is 0. The van der Waals surface area contributed by atoms with E-state index in [1.165, 1.54) is 12.4 Å². The van der Waals surface area contributed by atoms with Gasteiger partial charge < -0.3 is 0 Å². The van der Waals surface area contributed by atoms with Crippen LogP contribution < -0.4 is 0 Å². The summed E-state index contributed by atoms with van der Waals surface area (Å²) in [5, 5.41) is 6.47. The Bertz CT molecular complexity index is 65.3. The Labute approximate surface area is 35.9 Å². The SMILES string of the molecule is C.c1cnon1. The lowest BCUT2D eigenvalue weighted by Crippen LogP contribution is -1.44. The molecule has 3 nitrogen and oxygen atoms in total. The van der Waals surface area contributed by atoms with Crippen molar-refractivity contribution >= 4 is 0 Å². The van der Waals surface area contributed by atoms with Crippen LogP contribution in [-0.4, -0.2) is 10.3 Å². The van der Waals surface area contributed by atoms with Crippen LogP contribution in [0.5, 0.6) is 0 Å². The van der Waals surface area contributed by atoms with Gasteiger partial charge in [-0.25, -0.2) is 4.63 Å². The van der Waals surface area contributed by atoms with E-state index in [1.807, 2.05) is 0 Å². The van der Waals surface area contributed by atoms with Crippen molar-refractivity contribution in [2.75, 3.05) is 0 Å². The fourth-order valence-electron chi connectivity index (χ4n) is 0.136. The van der Waals surface area contributed by atoms with E-state index in [0.717, 1.165) is 0 Å². The zero-order chi connectivity index (χ0) is 3.54. The van der Waals surface area contributed by atoms with Gasteiger partial charge in [-0.15, -0.1) is 0 Å². The zero-order valence-electron chi connectivity index (χ0n) is 2.46. The van der Waals surface area contributed by atoms with Crippen molar-refractivity contribution in [3.05, 3.63) is 12.4 Å². The normalized spacial score (nSPS) is 6.67. The van der Waals surface area contributed by atoms with Crippen molar-refractivity contribution in [3.8, 4) is 0 Å². The molecule has 0 saturated carbocycles. The third kappa shape index (κ3) is 0.839. The lowest BCUT2D eigenvalue weighted by Gasteiger charge is -1.45. The molecule has 1 aromatic rings. The summed E-state index contributed by atoms with van der Waals surface area (Å²) >= 11 is 0. The molecule has 0 spiro atoms. The summed E-state index contributed by atoms with van der Waals surface area (Å²) in [6.07, 6.45) is 2.94. The highest BCUT2D eigenvalue weighted by atomic mass is 16.6. The first-order chi connectivity index (χ1) is 2.50. The van der Waals surface area contributed by atoms with Crippen LogP contribution in [0.2, 0.25) is 0 Å². The second-order valence-electron chi connectivity index (χ2n) is 0.591. The number of hydrogen-bond acceptors (Lipinski definition) is 3. The van der Waals surface area contributed by atoms with Gasteiger partial charge in [-0.2, -0.15) is 0 Å². The molecule has 0 aromatic carbocycles. The molecule has 0 aliphatic carbocycles. The average Bonchev–Trinajstić information content (AvgIpc) is 1.76. The molecule has 0 N–H and O–H groups in total. The molecule has 0 unspecified atom stereocenters. The molecule has 3 heteroatoms. The van der Waals surface area contributed by atoms with Crippen molar-refractivity contribution in [1.82, 2.24) is 10.3 Å². The summed E-state index contributed by atoms with van der Waals surface area (Å²) in [5.74, 6) is 0. The predicted octanol–water partition coefficient (Wildman–Crippen LogP) is 0.706. The van der Waals surface area contributed by atoms with Crippen LogP contribution >= 0.6 is 0 Å². The third-order valence-electron chi connectivity index (χ3n) is 0.283. The lowest BCUT2D eigenvalue weighted by molar-refractivity contribution is 0.307. The highest BCUT2D eigenvalue weighted by Crippen LogP contribution is 1.62. The minimum absolute atomic E-state index is 0. The van der Waals surface area contributed by atoms with E-state index in [-0.39, 0.29) is 7.43 Å². The molecule has 34 valence electrons. The molecule has 1 heterocycles. The molecule has 0 amide bonds. The van der Waals surface area contributed by atoms with Gasteiger partial charge in [0.15, 0.2) is 0 Å². The standard InChI is InChI=1S/C2H2N2O.CH4/c1-2-4-5-3-1;/h1-2H;1H4. The Morgan fingerprint density at radius 1 is 1.17 bits per heavy atom. The monoisotopic (exact) mass is 86.0 g/mol. The summed E-state index contributed by atoms with van der Waals surface area (Å²) in [6.45, 7) is 0. The van der Waals surface area contributed by atoms with Crippen LogP contribution in [0, 0.1) is 0 Å². The second-order valence-corrected chi connectivity index (χ2v) is 0.591. The highest BCUT2D eigenvalue weighted by molar-refractivity contribution is 4.51. The quantitative estimate of drug-likeness (QED) is 0.466. The number of rotatable bonds is 0. The molecular formula is C3H6N2O. The van der Waals surface area contributed by atoms with E-state index in [9.17, 15) is 0 Å². The maximum absolute atomic E-state index is 4.08. The third-order valence-corrected chi connectivity index (χ3v) is 0.283. The molecule has 0 aliphatic heterocycles. The Morgan fingerprint density at radius 3 is 1.83 bits per heavy atom. The van der Waals surface area contributed by atoms with Crippen LogP contribution in [0.15, 0.2) is 17.0 Å². The van der Waals surface area contributed by atoms with Gasteiger partial charge in [0, 0.05) is 0 Å². The fraction of sp³-hybridized carbons (Fsp3) is 0.333. The van der Waals surface area contributed by atoms with Gasteiger partial charge in [-0.1, -0.05) is 17.7 Å². The number of nitrogens with zero attached hydrogens (tertiary/aromatic N) is 2. The highest BCUT2D eigenvalue weighted by Gasteiger charge is 1.61. The maximum atomic E-state index is 4.08. The van der Waals surface area contributed by atoms with Crippen molar-refractivity contribution < 1.29 is 4.63 Å². The Hall–Kier alpha value is -0.860. The largest absolute Gasteiger partial charge is 0.245 e. The second kappa shape index (κ2) is 2.38. The minimum Gasteiger partial charge on any atom is -0.245 e. The van der Waals surface area contributed by atoms with E-state index in [4.69, 9.17) is 0 Å². The first-order valence-electron chi connectivity index (χ1n) is 1.21. The number of aromatic nitrogens is 2. The zero-order valence-corrected chi connectivity index (χ0v) is 2.46. The van der Waals surface area contributed by atoms with Crippen molar-refractivity contribution in [1.29, 1.82) is 0 Å². The van der Waals surface area contributed by atoms with Gasteiger partial charge in [0.05, 0.1) is 12.4 Å². The van der Waals surface area contributed by atoms with Gasteiger partial charge in [0.1, 0.15) is 0 Å². The summed E-state index contributed by atoms with van der Waals surface area (Å²) in [5.41, 5.74) is 0. The summed E-state index contributed by atoms with van der Waals surface area (Å²) in [4.78, 5) is 0. The molecule has 1 rings (SSSR count). The number of hydrogen-bond donors (Lipinski definition) is 0. The molecule has 0 radical (unpaired) electrons.